The summed E-state index contributed by atoms with van der Waals surface area (Å²) in [5, 5.41) is 0. The van der Waals surface area contributed by atoms with Gasteiger partial charge in [0.1, 0.15) is 5.75 Å². The quantitative estimate of drug-likeness (QED) is 0.359. The molecule has 0 saturated carbocycles. The number of nitrogens with zero attached hydrogens (tertiary/aromatic N) is 2. The van der Waals surface area contributed by atoms with Gasteiger partial charge in [-0.15, -0.1) is 13.2 Å². The van der Waals surface area contributed by atoms with Crippen molar-refractivity contribution in [1.29, 1.82) is 0 Å². The summed E-state index contributed by atoms with van der Waals surface area (Å²) in [5.41, 5.74) is 3.15. The molecule has 1 heterocycles. The number of anilines is 1. The van der Waals surface area contributed by atoms with Gasteiger partial charge in [0, 0.05) is 11.3 Å². The molecule has 0 bridgehead atoms. The Morgan fingerprint density at radius 2 is 1.74 bits per heavy atom. The van der Waals surface area contributed by atoms with Crippen LogP contribution in [0.5, 0.6) is 5.75 Å². The summed E-state index contributed by atoms with van der Waals surface area (Å²) in [6.45, 7) is 9.18. The standard InChI is InChI=1S/C27H21F3N2O2/c1-18(19-7-4-3-5-8-19)15-21-17-25(20-9-6-10-24(16-20)34-27(28,29)30)32(26(21)33)23-13-11-22(31-2)12-14-23/h3-14,16-18,25H,15H2,1H3/t18-,25+/m0/s1. The number of halogens is 3. The van der Waals surface area contributed by atoms with Crippen molar-refractivity contribution in [3.05, 3.63) is 113 Å². The van der Waals surface area contributed by atoms with Crippen molar-refractivity contribution in [2.75, 3.05) is 4.90 Å². The normalized spacial score (nSPS) is 16.7. The van der Waals surface area contributed by atoms with E-state index >= 15 is 0 Å². The number of rotatable bonds is 6. The minimum atomic E-state index is -4.81. The zero-order valence-corrected chi connectivity index (χ0v) is 18.3. The van der Waals surface area contributed by atoms with Crippen molar-refractivity contribution < 1.29 is 22.7 Å². The Labute approximate surface area is 195 Å². The van der Waals surface area contributed by atoms with Gasteiger partial charge >= 0.3 is 6.36 Å². The predicted octanol–water partition coefficient (Wildman–Crippen LogP) is 7.34. The van der Waals surface area contributed by atoms with E-state index in [1.807, 2.05) is 37.3 Å². The summed E-state index contributed by atoms with van der Waals surface area (Å²) in [6.07, 6.45) is -2.53. The molecule has 2 atom stereocenters. The topological polar surface area (TPSA) is 33.9 Å². The summed E-state index contributed by atoms with van der Waals surface area (Å²) < 4.78 is 42.4. The lowest BCUT2D eigenvalue weighted by atomic mass is 9.93. The Bertz CT molecular complexity index is 1250. The van der Waals surface area contributed by atoms with Crippen LogP contribution in [0.2, 0.25) is 0 Å². The molecule has 0 N–H and O–H groups in total. The van der Waals surface area contributed by atoms with Gasteiger partial charge in [-0.1, -0.05) is 61.5 Å². The summed E-state index contributed by atoms with van der Waals surface area (Å²) in [6, 6.07) is 21.4. The van der Waals surface area contributed by atoms with E-state index in [2.05, 4.69) is 9.58 Å². The number of hydrogen-bond acceptors (Lipinski definition) is 2. The van der Waals surface area contributed by atoms with E-state index < -0.39 is 12.4 Å². The number of hydrogen-bond donors (Lipinski definition) is 0. The summed E-state index contributed by atoms with van der Waals surface area (Å²) >= 11 is 0. The number of alkyl halides is 3. The zero-order chi connectivity index (χ0) is 24.3. The fourth-order valence-electron chi connectivity index (χ4n) is 4.11. The van der Waals surface area contributed by atoms with Gasteiger partial charge in [0.25, 0.3) is 5.91 Å². The van der Waals surface area contributed by atoms with Crippen molar-refractivity contribution in [2.24, 2.45) is 0 Å². The van der Waals surface area contributed by atoms with Crippen molar-refractivity contribution in [3.8, 4) is 5.75 Å². The summed E-state index contributed by atoms with van der Waals surface area (Å²) in [5.74, 6) is -0.493. The molecule has 4 rings (SSSR count). The molecule has 0 aromatic heterocycles. The monoisotopic (exact) mass is 462 g/mol. The first-order valence-electron chi connectivity index (χ1n) is 10.7. The van der Waals surface area contributed by atoms with Crippen LogP contribution in [0.4, 0.5) is 24.5 Å². The zero-order valence-electron chi connectivity index (χ0n) is 18.3. The maximum Gasteiger partial charge on any atom is 0.573 e. The third kappa shape index (κ3) is 5.12. The smallest absolute Gasteiger partial charge is 0.406 e. The van der Waals surface area contributed by atoms with Crippen LogP contribution in [-0.4, -0.2) is 12.3 Å². The van der Waals surface area contributed by atoms with Crippen molar-refractivity contribution >= 4 is 17.3 Å². The van der Waals surface area contributed by atoms with Crippen molar-refractivity contribution in [2.45, 2.75) is 31.7 Å². The lowest BCUT2D eigenvalue weighted by Gasteiger charge is -2.26. The average Bonchev–Trinajstić information content (AvgIpc) is 3.14. The van der Waals surface area contributed by atoms with Crippen LogP contribution < -0.4 is 9.64 Å². The maximum absolute atomic E-state index is 13.5. The average molecular weight is 462 g/mol. The second-order valence-corrected chi connectivity index (χ2v) is 8.08. The number of amides is 1. The minimum absolute atomic E-state index is 0.0707. The molecule has 0 spiro atoms. The number of benzene rings is 3. The number of ether oxygens (including phenoxy) is 1. The van der Waals surface area contributed by atoms with Gasteiger partial charge in [-0.2, -0.15) is 0 Å². The van der Waals surface area contributed by atoms with E-state index in [4.69, 9.17) is 6.57 Å². The fraction of sp³-hybridized carbons (Fsp3) is 0.185. The Hall–Kier alpha value is -4.05. The second kappa shape index (κ2) is 9.44. The Morgan fingerprint density at radius 3 is 2.38 bits per heavy atom. The van der Waals surface area contributed by atoms with Gasteiger partial charge in [-0.05, 0) is 53.8 Å². The van der Waals surface area contributed by atoms with Gasteiger partial charge in [0.15, 0.2) is 5.69 Å². The van der Waals surface area contributed by atoms with Gasteiger partial charge in [0.2, 0.25) is 0 Å². The minimum Gasteiger partial charge on any atom is -0.406 e. The second-order valence-electron chi connectivity index (χ2n) is 8.08. The molecule has 0 unspecified atom stereocenters. The molecule has 3 aromatic rings. The van der Waals surface area contributed by atoms with Gasteiger partial charge < -0.3 is 4.74 Å². The lowest BCUT2D eigenvalue weighted by Crippen LogP contribution is -2.29. The van der Waals surface area contributed by atoms with Crippen LogP contribution >= 0.6 is 0 Å². The lowest BCUT2D eigenvalue weighted by molar-refractivity contribution is -0.274. The first-order valence-corrected chi connectivity index (χ1v) is 10.7. The molecule has 0 saturated heterocycles. The van der Waals surface area contributed by atoms with Gasteiger partial charge in [-0.25, -0.2) is 4.85 Å². The third-order valence-electron chi connectivity index (χ3n) is 5.72. The van der Waals surface area contributed by atoms with Gasteiger partial charge in [0.05, 0.1) is 12.6 Å². The van der Waals surface area contributed by atoms with Crippen molar-refractivity contribution in [3.63, 3.8) is 0 Å². The Balaban J connectivity index is 1.70. The molecule has 1 amide bonds. The van der Waals surface area contributed by atoms with E-state index in [0.717, 1.165) is 5.56 Å². The van der Waals surface area contributed by atoms with Crippen LogP contribution in [0.1, 0.15) is 36.4 Å². The third-order valence-corrected chi connectivity index (χ3v) is 5.72. The molecule has 3 aromatic carbocycles. The largest absolute Gasteiger partial charge is 0.573 e. The first-order chi connectivity index (χ1) is 16.2. The molecule has 0 aliphatic carbocycles. The Kier molecular flexibility index (Phi) is 6.42. The SMILES string of the molecule is [C-]#[N+]c1ccc(N2C(=O)C(C[C@H](C)c3ccccc3)=C[C@@H]2c2cccc(OC(F)(F)F)c2)cc1. The van der Waals surface area contributed by atoms with Crippen molar-refractivity contribution in [1.82, 2.24) is 0 Å². The molecular weight excluding hydrogens is 441 g/mol. The van der Waals surface area contributed by atoms with Crippen LogP contribution in [0.3, 0.4) is 0 Å². The van der Waals surface area contributed by atoms with Crippen LogP contribution in [0.25, 0.3) is 4.85 Å². The molecule has 1 aliphatic rings. The van der Waals surface area contributed by atoms with E-state index in [1.54, 1.807) is 41.3 Å². The summed E-state index contributed by atoms with van der Waals surface area (Å²) in [7, 11) is 0. The highest BCUT2D eigenvalue weighted by atomic mass is 19.4. The first kappa shape index (κ1) is 23.1. The summed E-state index contributed by atoms with van der Waals surface area (Å²) in [4.78, 5) is 18.4. The van der Waals surface area contributed by atoms with Crippen LogP contribution in [0.15, 0.2) is 90.5 Å². The predicted molar refractivity (Wildman–Crippen MR) is 124 cm³/mol. The fourth-order valence-corrected chi connectivity index (χ4v) is 4.11. The molecule has 0 radical (unpaired) electrons. The highest BCUT2D eigenvalue weighted by molar-refractivity contribution is 6.09. The molecular formula is C27H21F3N2O2. The van der Waals surface area contributed by atoms with Gasteiger partial charge in [-0.3, -0.25) is 9.69 Å². The molecule has 1 aliphatic heterocycles. The highest BCUT2D eigenvalue weighted by Crippen LogP contribution is 2.40. The van der Waals surface area contributed by atoms with Crippen LogP contribution in [-0.2, 0) is 4.79 Å². The van der Waals surface area contributed by atoms with E-state index in [1.165, 1.54) is 18.2 Å². The molecule has 0 fully saturated rings. The number of carbonyl (C=O) groups excluding carboxylic acids is 1. The molecule has 172 valence electrons. The maximum atomic E-state index is 13.5. The van der Waals surface area contributed by atoms with E-state index in [0.29, 0.717) is 28.9 Å². The highest BCUT2D eigenvalue weighted by Gasteiger charge is 2.36. The molecule has 7 heteroatoms. The Morgan fingerprint density at radius 1 is 1.03 bits per heavy atom. The molecule has 4 nitrogen and oxygen atoms in total. The number of carbonyl (C=O) groups is 1. The van der Waals surface area contributed by atoms with Crippen LogP contribution in [0, 0.1) is 6.57 Å². The van der Waals surface area contributed by atoms with E-state index in [9.17, 15) is 18.0 Å². The van der Waals surface area contributed by atoms with E-state index in [-0.39, 0.29) is 17.6 Å². The molecule has 34 heavy (non-hydrogen) atoms.